The maximum Gasteiger partial charge on any atom is 0.414 e. The molecule has 0 aliphatic carbocycles. The van der Waals surface area contributed by atoms with Gasteiger partial charge in [0.15, 0.2) is 0 Å². The second-order valence-electron chi connectivity index (χ2n) is 6.41. The summed E-state index contributed by atoms with van der Waals surface area (Å²) in [6.07, 6.45) is 1.42. The highest BCUT2D eigenvalue weighted by atomic mass is 32.2. The topological polar surface area (TPSA) is 71.5 Å². The summed E-state index contributed by atoms with van der Waals surface area (Å²) in [5.74, 6) is -0.148. The first-order chi connectivity index (χ1) is 14.2. The van der Waals surface area contributed by atoms with E-state index in [0.29, 0.717) is 25.3 Å². The van der Waals surface area contributed by atoms with E-state index in [4.69, 9.17) is 4.74 Å². The quantitative estimate of drug-likeness (QED) is 0.668. The van der Waals surface area contributed by atoms with Crippen LogP contribution >= 0.6 is 11.8 Å². The summed E-state index contributed by atoms with van der Waals surface area (Å²) in [5.41, 5.74) is 2.28. The highest BCUT2D eigenvalue weighted by Gasteiger charge is 2.23. The van der Waals surface area contributed by atoms with Crippen LogP contribution in [-0.2, 0) is 11.3 Å². The molecule has 1 N–H and O–H groups in total. The fourth-order valence-electron chi connectivity index (χ4n) is 2.95. The minimum atomic E-state index is -0.338. The van der Waals surface area contributed by atoms with Crippen molar-refractivity contribution in [3.8, 4) is 0 Å². The van der Waals surface area contributed by atoms with Gasteiger partial charge < -0.3 is 10.1 Å². The first-order valence-corrected chi connectivity index (χ1v) is 10.0. The number of nitrogens with zero attached hydrogens (tertiary/aromatic N) is 2. The van der Waals surface area contributed by atoms with E-state index in [2.05, 4.69) is 10.3 Å². The SMILES string of the molecule is O=C(NCc1cccc(N2CCOC2=O)c1)c1ccc(Sc2ccccn2)cc1. The van der Waals surface area contributed by atoms with Gasteiger partial charge in [-0.05, 0) is 54.1 Å². The van der Waals surface area contributed by atoms with E-state index >= 15 is 0 Å². The van der Waals surface area contributed by atoms with Crippen LogP contribution in [0.4, 0.5) is 10.5 Å². The Hall–Kier alpha value is -3.32. The van der Waals surface area contributed by atoms with Crippen LogP contribution in [0.25, 0.3) is 0 Å². The van der Waals surface area contributed by atoms with Gasteiger partial charge in [0.2, 0.25) is 0 Å². The fraction of sp³-hybridized carbons (Fsp3) is 0.136. The number of amides is 2. The van der Waals surface area contributed by atoms with Crippen LogP contribution in [0.15, 0.2) is 82.8 Å². The third-order valence-electron chi connectivity index (χ3n) is 4.41. The van der Waals surface area contributed by atoms with Crippen LogP contribution in [0.5, 0.6) is 0 Å². The van der Waals surface area contributed by atoms with Crippen molar-refractivity contribution in [2.75, 3.05) is 18.1 Å². The third-order valence-corrected chi connectivity index (χ3v) is 5.37. The number of carbonyl (C=O) groups is 2. The zero-order valence-corrected chi connectivity index (χ0v) is 16.4. The number of benzene rings is 2. The molecule has 2 heterocycles. The lowest BCUT2D eigenvalue weighted by atomic mass is 10.1. The molecule has 1 fully saturated rings. The maximum atomic E-state index is 12.5. The second-order valence-corrected chi connectivity index (χ2v) is 7.51. The largest absolute Gasteiger partial charge is 0.447 e. The van der Waals surface area contributed by atoms with Crippen LogP contribution in [0.3, 0.4) is 0 Å². The van der Waals surface area contributed by atoms with Crippen LogP contribution < -0.4 is 10.2 Å². The number of ether oxygens (including phenoxy) is 1. The minimum absolute atomic E-state index is 0.148. The Balaban J connectivity index is 1.35. The van der Waals surface area contributed by atoms with Gasteiger partial charge in [0.1, 0.15) is 11.6 Å². The molecule has 1 aliphatic heterocycles. The van der Waals surface area contributed by atoms with Crippen LogP contribution in [-0.4, -0.2) is 30.1 Å². The van der Waals surface area contributed by atoms with E-state index in [9.17, 15) is 9.59 Å². The summed E-state index contributed by atoms with van der Waals surface area (Å²) in [6.45, 7) is 1.31. The molecule has 0 saturated carbocycles. The van der Waals surface area contributed by atoms with E-state index in [0.717, 1.165) is 21.2 Å². The van der Waals surface area contributed by atoms with Gasteiger partial charge in [0, 0.05) is 28.9 Å². The predicted molar refractivity (Wildman–Crippen MR) is 111 cm³/mol. The van der Waals surface area contributed by atoms with Crippen molar-refractivity contribution in [2.24, 2.45) is 0 Å². The molecule has 0 spiro atoms. The van der Waals surface area contributed by atoms with Gasteiger partial charge in [-0.25, -0.2) is 9.78 Å². The molecule has 0 unspecified atom stereocenters. The number of nitrogens with one attached hydrogen (secondary N) is 1. The number of carbonyl (C=O) groups excluding carboxylic acids is 2. The highest BCUT2D eigenvalue weighted by molar-refractivity contribution is 7.99. The number of cyclic esters (lactones) is 1. The van der Waals surface area contributed by atoms with Gasteiger partial charge in [0.05, 0.1) is 6.54 Å². The Morgan fingerprint density at radius 3 is 2.69 bits per heavy atom. The Kier molecular flexibility index (Phi) is 5.76. The molecule has 0 bridgehead atoms. The number of aromatic nitrogens is 1. The van der Waals surface area contributed by atoms with Gasteiger partial charge in [-0.3, -0.25) is 9.69 Å². The van der Waals surface area contributed by atoms with Gasteiger partial charge >= 0.3 is 6.09 Å². The molecule has 146 valence electrons. The molecule has 6 nitrogen and oxygen atoms in total. The zero-order chi connectivity index (χ0) is 20.1. The Morgan fingerprint density at radius 1 is 1.10 bits per heavy atom. The van der Waals surface area contributed by atoms with Crippen LogP contribution in [0.2, 0.25) is 0 Å². The standard InChI is InChI=1S/C22H19N3O3S/c26-21(17-7-9-19(10-8-17)29-20-6-1-2-11-23-20)24-15-16-4-3-5-18(14-16)25-12-13-28-22(25)27/h1-11,14H,12-13,15H2,(H,24,26). The average Bonchev–Trinajstić information content (AvgIpc) is 3.19. The number of pyridine rings is 1. The van der Waals surface area contributed by atoms with Crippen molar-refractivity contribution in [2.45, 2.75) is 16.5 Å². The lowest BCUT2D eigenvalue weighted by Crippen LogP contribution is -2.24. The van der Waals surface area contributed by atoms with Crippen molar-refractivity contribution in [1.29, 1.82) is 0 Å². The lowest BCUT2D eigenvalue weighted by molar-refractivity contribution is 0.0950. The summed E-state index contributed by atoms with van der Waals surface area (Å²) in [4.78, 5) is 31.1. The third kappa shape index (κ3) is 4.75. The smallest absolute Gasteiger partial charge is 0.414 e. The average molecular weight is 405 g/mol. The minimum Gasteiger partial charge on any atom is -0.447 e. The monoisotopic (exact) mass is 405 g/mol. The molecule has 3 aromatic rings. The number of rotatable bonds is 6. The molecule has 1 saturated heterocycles. The highest BCUT2D eigenvalue weighted by Crippen LogP contribution is 2.25. The van der Waals surface area contributed by atoms with Crippen molar-refractivity contribution in [1.82, 2.24) is 10.3 Å². The maximum absolute atomic E-state index is 12.5. The first-order valence-electron chi connectivity index (χ1n) is 9.19. The molecule has 2 aromatic carbocycles. The molecule has 2 amide bonds. The normalized spacial score (nSPS) is 13.2. The second kappa shape index (κ2) is 8.79. The number of hydrogen-bond donors (Lipinski definition) is 1. The number of hydrogen-bond acceptors (Lipinski definition) is 5. The van der Waals surface area contributed by atoms with Crippen molar-refractivity contribution in [3.05, 3.63) is 84.1 Å². The molecule has 0 radical (unpaired) electrons. The van der Waals surface area contributed by atoms with E-state index in [1.165, 1.54) is 0 Å². The molecule has 1 aliphatic rings. The van der Waals surface area contributed by atoms with Gasteiger partial charge in [0.25, 0.3) is 5.91 Å². The lowest BCUT2D eigenvalue weighted by Gasteiger charge is -2.14. The first kappa shape index (κ1) is 19.0. The molecule has 4 rings (SSSR count). The number of anilines is 1. The summed E-state index contributed by atoms with van der Waals surface area (Å²) in [6, 6.07) is 20.7. The van der Waals surface area contributed by atoms with Crippen LogP contribution in [0.1, 0.15) is 15.9 Å². The Bertz CT molecular complexity index is 1010. The predicted octanol–water partition coefficient (Wildman–Crippen LogP) is 4.12. The molecular weight excluding hydrogens is 386 g/mol. The van der Waals surface area contributed by atoms with Crippen LogP contribution in [0, 0.1) is 0 Å². The molecule has 1 aromatic heterocycles. The van der Waals surface area contributed by atoms with E-state index in [1.807, 2.05) is 54.6 Å². The van der Waals surface area contributed by atoms with Crippen molar-refractivity contribution < 1.29 is 14.3 Å². The fourth-order valence-corrected chi connectivity index (χ4v) is 3.72. The van der Waals surface area contributed by atoms with Gasteiger partial charge in [-0.15, -0.1) is 0 Å². The summed E-state index contributed by atoms with van der Waals surface area (Å²) >= 11 is 1.55. The van der Waals surface area contributed by atoms with E-state index in [1.54, 1.807) is 35.0 Å². The summed E-state index contributed by atoms with van der Waals surface area (Å²) in [7, 11) is 0. The van der Waals surface area contributed by atoms with Crippen molar-refractivity contribution >= 4 is 29.4 Å². The van der Waals surface area contributed by atoms with Gasteiger partial charge in [-0.1, -0.05) is 30.0 Å². The van der Waals surface area contributed by atoms with E-state index < -0.39 is 0 Å². The zero-order valence-electron chi connectivity index (χ0n) is 15.6. The molecule has 0 atom stereocenters. The van der Waals surface area contributed by atoms with Crippen molar-refractivity contribution in [3.63, 3.8) is 0 Å². The summed E-state index contributed by atoms with van der Waals surface area (Å²) in [5, 5.41) is 3.83. The van der Waals surface area contributed by atoms with E-state index in [-0.39, 0.29) is 12.0 Å². The summed E-state index contributed by atoms with van der Waals surface area (Å²) < 4.78 is 4.97. The molecular formula is C22H19N3O3S. The van der Waals surface area contributed by atoms with Gasteiger partial charge in [-0.2, -0.15) is 0 Å². The Morgan fingerprint density at radius 2 is 1.97 bits per heavy atom. The Labute approximate surface area is 172 Å². The molecule has 29 heavy (non-hydrogen) atoms. The molecule has 7 heteroatoms.